The Morgan fingerprint density at radius 1 is 1.32 bits per heavy atom. The highest BCUT2D eigenvalue weighted by atomic mass is 32.2. The van der Waals surface area contributed by atoms with Gasteiger partial charge in [-0.05, 0) is 6.42 Å². The minimum Gasteiger partial charge on any atom is -0.418 e. The molecule has 19 heavy (non-hydrogen) atoms. The van der Waals surface area contributed by atoms with Crippen molar-refractivity contribution in [1.82, 2.24) is 9.80 Å². The van der Waals surface area contributed by atoms with E-state index in [9.17, 15) is 25.7 Å². The smallest absolute Gasteiger partial charge is 0.418 e. The summed E-state index contributed by atoms with van der Waals surface area (Å²) < 4.78 is 70.2. The van der Waals surface area contributed by atoms with Crippen molar-refractivity contribution in [2.45, 2.75) is 25.1 Å². The van der Waals surface area contributed by atoms with E-state index in [1.807, 2.05) is 18.9 Å². The maximum atomic E-state index is 11.1. The molecule has 0 aliphatic carbocycles. The summed E-state index contributed by atoms with van der Waals surface area (Å²) in [6.07, 6.45) is 4.64. The third-order valence-electron chi connectivity index (χ3n) is 2.15. The summed E-state index contributed by atoms with van der Waals surface area (Å²) in [6.45, 7) is 2.39. The van der Waals surface area contributed by atoms with Crippen molar-refractivity contribution in [3.8, 4) is 0 Å². The molecule has 0 amide bonds. The van der Waals surface area contributed by atoms with Crippen LogP contribution in [0.2, 0.25) is 0 Å². The van der Waals surface area contributed by atoms with Gasteiger partial charge in [0.15, 0.2) is 5.37 Å². The first-order valence-electron chi connectivity index (χ1n) is 5.43. The Morgan fingerprint density at radius 3 is 2.05 bits per heavy atom. The van der Waals surface area contributed by atoms with E-state index in [-0.39, 0.29) is 0 Å². The van der Waals surface area contributed by atoms with Crippen molar-refractivity contribution in [2.75, 3.05) is 13.7 Å². The van der Waals surface area contributed by atoms with Crippen molar-refractivity contribution in [3.63, 3.8) is 0 Å². The van der Waals surface area contributed by atoms with Crippen LogP contribution in [0.25, 0.3) is 0 Å². The van der Waals surface area contributed by atoms with Crippen molar-refractivity contribution < 1.29 is 30.2 Å². The Hall–Kier alpha value is -0.965. The Bertz CT molecular complexity index is 395. The second-order valence-corrected chi connectivity index (χ2v) is 5.54. The van der Waals surface area contributed by atoms with Gasteiger partial charge in [-0.25, -0.2) is 0 Å². The van der Waals surface area contributed by atoms with E-state index in [0.29, 0.717) is 13.1 Å². The van der Waals surface area contributed by atoms with Gasteiger partial charge in [-0.2, -0.15) is 8.42 Å². The van der Waals surface area contributed by atoms with Gasteiger partial charge in [-0.3, -0.25) is 4.55 Å². The molecule has 5 nitrogen and oxygen atoms in total. The summed E-state index contributed by atoms with van der Waals surface area (Å²) in [5.74, 6) is 0. The number of hydrogen-bond acceptors (Lipinski definition) is 4. The standard InChI is InChI=1S/C8H16N2O3S.BF4/c1-3-4-8(14(11,12)13)10-6-5-9(2)7-10;2-1(3,4)5/h5-6,8H,3-4,7H2,1-2H3,(H,11,12,13);/q;-1. The molecule has 0 saturated carbocycles. The topological polar surface area (TPSA) is 60.9 Å². The SMILES string of the molecule is CCCC(N1C=CN(C)C1)S(=O)(=O)O.F[B-](F)(F)F. The predicted molar refractivity (Wildman–Crippen MR) is 64.0 cm³/mol. The molecule has 1 heterocycles. The molecule has 1 aliphatic rings. The Kier molecular flexibility index (Phi) is 6.63. The summed E-state index contributed by atoms with van der Waals surface area (Å²) in [4.78, 5) is 3.48. The molecule has 114 valence electrons. The molecule has 0 fully saturated rings. The van der Waals surface area contributed by atoms with Crippen LogP contribution < -0.4 is 0 Å². The molecule has 1 atom stereocenters. The Balaban J connectivity index is 0.000000555. The van der Waals surface area contributed by atoms with E-state index in [4.69, 9.17) is 4.55 Å². The molecule has 0 radical (unpaired) electrons. The molecule has 1 unspecified atom stereocenters. The van der Waals surface area contributed by atoms with Crippen LogP contribution in [0.3, 0.4) is 0 Å². The monoisotopic (exact) mass is 307 g/mol. The highest BCUT2D eigenvalue weighted by Crippen LogP contribution is 2.17. The van der Waals surface area contributed by atoms with Crippen molar-refractivity contribution in [3.05, 3.63) is 12.4 Å². The third kappa shape index (κ3) is 8.70. The molecule has 1 aliphatic heterocycles. The molecule has 0 aromatic rings. The summed E-state index contributed by atoms with van der Waals surface area (Å²) in [6, 6.07) is 0. The van der Waals surface area contributed by atoms with Gasteiger partial charge in [0.2, 0.25) is 0 Å². The lowest BCUT2D eigenvalue weighted by atomic mass is 10.3. The first-order chi connectivity index (χ1) is 8.45. The Labute approximate surface area is 109 Å². The fourth-order valence-corrected chi connectivity index (χ4v) is 2.48. The van der Waals surface area contributed by atoms with Crippen LogP contribution in [-0.4, -0.2) is 49.1 Å². The van der Waals surface area contributed by atoms with Gasteiger partial charge < -0.3 is 27.1 Å². The largest absolute Gasteiger partial charge is 0.673 e. The molecule has 1 N–H and O–H groups in total. The maximum absolute atomic E-state index is 11.1. The predicted octanol–water partition coefficient (Wildman–Crippen LogP) is 1.98. The zero-order valence-electron chi connectivity index (χ0n) is 10.5. The third-order valence-corrected chi connectivity index (χ3v) is 3.34. The fraction of sp³-hybridized carbons (Fsp3) is 0.750. The maximum Gasteiger partial charge on any atom is 0.673 e. The number of hydrogen-bond donors (Lipinski definition) is 1. The van der Waals surface area contributed by atoms with Crippen LogP contribution in [0.1, 0.15) is 19.8 Å². The lowest BCUT2D eigenvalue weighted by molar-refractivity contribution is 0.255. The van der Waals surface area contributed by atoms with E-state index < -0.39 is 22.7 Å². The second-order valence-electron chi connectivity index (χ2n) is 3.96. The molecular formula is C8H16BF4N2O3S-. The van der Waals surface area contributed by atoms with Gasteiger partial charge >= 0.3 is 7.25 Å². The van der Waals surface area contributed by atoms with Gasteiger partial charge in [-0.15, -0.1) is 0 Å². The van der Waals surface area contributed by atoms with Crippen molar-refractivity contribution in [2.24, 2.45) is 0 Å². The van der Waals surface area contributed by atoms with Gasteiger partial charge in [0.1, 0.15) is 0 Å². The van der Waals surface area contributed by atoms with E-state index in [0.717, 1.165) is 6.42 Å². The minimum atomic E-state index is -6.00. The molecule has 0 aromatic heterocycles. The molecule has 0 aromatic carbocycles. The average Bonchev–Trinajstić information content (AvgIpc) is 2.56. The quantitative estimate of drug-likeness (QED) is 0.489. The number of nitrogens with zero attached hydrogens (tertiary/aromatic N) is 2. The lowest BCUT2D eigenvalue weighted by Gasteiger charge is -2.25. The van der Waals surface area contributed by atoms with E-state index in [2.05, 4.69) is 0 Å². The van der Waals surface area contributed by atoms with Crippen LogP contribution in [0.5, 0.6) is 0 Å². The van der Waals surface area contributed by atoms with Crippen molar-refractivity contribution >= 4 is 17.4 Å². The van der Waals surface area contributed by atoms with E-state index in [1.54, 1.807) is 17.3 Å². The minimum absolute atomic E-state index is 0.441. The fourth-order valence-electron chi connectivity index (χ4n) is 1.47. The second kappa shape index (κ2) is 6.99. The number of halogens is 4. The molecule has 11 heteroatoms. The summed E-state index contributed by atoms with van der Waals surface area (Å²) in [7, 11) is -8.14. The van der Waals surface area contributed by atoms with Gasteiger partial charge in [-0.1, -0.05) is 13.3 Å². The first kappa shape index (κ1) is 18.0. The molecular weight excluding hydrogens is 291 g/mol. The molecule has 0 spiro atoms. The van der Waals surface area contributed by atoms with Crippen LogP contribution in [0.15, 0.2) is 12.4 Å². The summed E-state index contributed by atoms with van der Waals surface area (Å²) in [5, 5.41) is -0.811. The summed E-state index contributed by atoms with van der Waals surface area (Å²) >= 11 is 0. The highest BCUT2D eigenvalue weighted by Gasteiger charge is 2.29. The zero-order chi connectivity index (χ0) is 15.3. The summed E-state index contributed by atoms with van der Waals surface area (Å²) in [5.41, 5.74) is 0. The molecule has 0 bridgehead atoms. The van der Waals surface area contributed by atoms with E-state index in [1.165, 1.54) is 0 Å². The van der Waals surface area contributed by atoms with Crippen LogP contribution >= 0.6 is 0 Å². The number of rotatable bonds is 4. The normalized spacial score (nSPS) is 17.2. The van der Waals surface area contributed by atoms with Gasteiger partial charge in [0.05, 0.1) is 6.67 Å². The molecule has 0 saturated heterocycles. The molecule has 1 rings (SSSR count). The van der Waals surface area contributed by atoms with Gasteiger partial charge in [0.25, 0.3) is 10.1 Å². The zero-order valence-corrected chi connectivity index (χ0v) is 11.3. The van der Waals surface area contributed by atoms with Gasteiger partial charge in [0, 0.05) is 19.4 Å². The van der Waals surface area contributed by atoms with E-state index >= 15 is 0 Å². The highest BCUT2D eigenvalue weighted by molar-refractivity contribution is 7.86. The first-order valence-corrected chi connectivity index (χ1v) is 6.93. The Morgan fingerprint density at radius 2 is 1.79 bits per heavy atom. The average molecular weight is 307 g/mol. The van der Waals surface area contributed by atoms with Crippen LogP contribution in [0.4, 0.5) is 17.3 Å². The van der Waals surface area contributed by atoms with Crippen LogP contribution in [-0.2, 0) is 10.1 Å². The van der Waals surface area contributed by atoms with Crippen molar-refractivity contribution in [1.29, 1.82) is 0 Å². The lowest BCUT2D eigenvalue weighted by Crippen LogP contribution is -2.38. The van der Waals surface area contributed by atoms with Crippen LogP contribution in [0, 0.1) is 0 Å².